The van der Waals surface area contributed by atoms with Crippen LogP contribution in [-0.4, -0.2) is 25.9 Å². The van der Waals surface area contributed by atoms with Gasteiger partial charge in [0.05, 0.1) is 22.3 Å². The van der Waals surface area contributed by atoms with Crippen LogP contribution in [0.3, 0.4) is 0 Å². The standard InChI is InChI=1S/C14H23N5S/c1-6-15-12(8-11-7-10(4)17-19(11)5)14-13(9(2)3)16-18-20-14/h7,9,12,15H,6,8H2,1-5H3. The quantitative estimate of drug-likeness (QED) is 0.889. The van der Waals surface area contributed by atoms with E-state index in [0.717, 1.165) is 24.4 Å². The maximum absolute atomic E-state index is 4.42. The number of hydrogen-bond donors (Lipinski definition) is 1. The molecule has 2 aromatic rings. The van der Waals surface area contributed by atoms with E-state index in [1.807, 2.05) is 18.7 Å². The fraction of sp³-hybridized carbons (Fsp3) is 0.643. The smallest absolute Gasteiger partial charge is 0.0829 e. The molecule has 1 atom stereocenters. The predicted molar refractivity (Wildman–Crippen MR) is 82.1 cm³/mol. The third-order valence-corrected chi connectivity index (χ3v) is 4.22. The molecule has 0 spiro atoms. The van der Waals surface area contributed by atoms with Gasteiger partial charge in [0.25, 0.3) is 0 Å². The minimum Gasteiger partial charge on any atom is -0.309 e. The van der Waals surface area contributed by atoms with E-state index in [9.17, 15) is 0 Å². The van der Waals surface area contributed by atoms with Gasteiger partial charge >= 0.3 is 0 Å². The van der Waals surface area contributed by atoms with Crippen LogP contribution in [0.15, 0.2) is 6.07 Å². The van der Waals surface area contributed by atoms with E-state index in [1.54, 1.807) is 0 Å². The molecule has 0 bridgehead atoms. The van der Waals surface area contributed by atoms with Crippen LogP contribution in [0.1, 0.15) is 54.7 Å². The molecule has 0 radical (unpaired) electrons. The Morgan fingerprint density at radius 2 is 2.15 bits per heavy atom. The van der Waals surface area contributed by atoms with Crippen molar-refractivity contribution in [1.82, 2.24) is 24.7 Å². The first-order valence-electron chi connectivity index (χ1n) is 7.08. The number of aromatic nitrogens is 4. The Morgan fingerprint density at radius 3 is 2.70 bits per heavy atom. The highest BCUT2D eigenvalue weighted by molar-refractivity contribution is 7.05. The zero-order chi connectivity index (χ0) is 14.7. The largest absolute Gasteiger partial charge is 0.309 e. The third-order valence-electron chi connectivity index (χ3n) is 3.37. The normalized spacial score (nSPS) is 13.1. The first kappa shape index (κ1) is 15.1. The monoisotopic (exact) mass is 293 g/mol. The number of aryl methyl sites for hydroxylation is 2. The highest BCUT2D eigenvalue weighted by atomic mass is 32.1. The van der Waals surface area contributed by atoms with Crippen molar-refractivity contribution in [2.45, 2.75) is 46.1 Å². The Bertz CT molecular complexity index is 558. The van der Waals surface area contributed by atoms with Crippen LogP contribution < -0.4 is 5.32 Å². The van der Waals surface area contributed by atoms with E-state index in [0.29, 0.717) is 5.92 Å². The lowest BCUT2D eigenvalue weighted by molar-refractivity contribution is 0.528. The first-order valence-corrected chi connectivity index (χ1v) is 7.85. The molecule has 0 fully saturated rings. The molecular weight excluding hydrogens is 270 g/mol. The van der Waals surface area contributed by atoms with Crippen LogP contribution in [0.4, 0.5) is 0 Å². The lowest BCUT2D eigenvalue weighted by Crippen LogP contribution is -2.24. The zero-order valence-electron chi connectivity index (χ0n) is 12.8. The van der Waals surface area contributed by atoms with Crippen LogP contribution in [0.25, 0.3) is 0 Å². The molecule has 0 saturated carbocycles. The Kier molecular flexibility index (Phi) is 4.88. The summed E-state index contributed by atoms with van der Waals surface area (Å²) in [6.07, 6.45) is 0.911. The molecule has 0 aromatic carbocycles. The molecule has 6 heteroatoms. The van der Waals surface area contributed by atoms with Gasteiger partial charge in [-0.25, -0.2) is 0 Å². The SMILES string of the molecule is CCNC(Cc1cc(C)nn1C)c1snnc1C(C)C. The molecule has 0 amide bonds. The number of likely N-dealkylation sites (N-methyl/N-ethyl adjacent to an activating group) is 1. The van der Waals surface area contributed by atoms with Crippen molar-refractivity contribution >= 4 is 11.5 Å². The molecule has 0 aliphatic carbocycles. The molecule has 2 heterocycles. The van der Waals surface area contributed by atoms with Gasteiger partial charge in [0.15, 0.2) is 0 Å². The molecule has 1 unspecified atom stereocenters. The van der Waals surface area contributed by atoms with Crippen LogP contribution in [0.2, 0.25) is 0 Å². The zero-order valence-corrected chi connectivity index (χ0v) is 13.7. The molecule has 20 heavy (non-hydrogen) atoms. The highest BCUT2D eigenvalue weighted by Crippen LogP contribution is 2.28. The maximum Gasteiger partial charge on any atom is 0.0829 e. The third kappa shape index (κ3) is 3.24. The summed E-state index contributed by atoms with van der Waals surface area (Å²) in [6, 6.07) is 2.40. The van der Waals surface area contributed by atoms with Gasteiger partial charge in [0.1, 0.15) is 0 Å². The molecule has 0 aliphatic rings. The van der Waals surface area contributed by atoms with Gasteiger partial charge in [-0.05, 0) is 37.0 Å². The van der Waals surface area contributed by atoms with Crippen LogP contribution >= 0.6 is 11.5 Å². The molecular formula is C14H23N5S. The van der Waals surface area contributed by atoms with Gasteiger partial charge in [-0.2, -0.15) is 5.10 Å². The Labute approximate surface area is 124 Å². The summed E-state index contributed by atoms with van der Waals surface area (Å²) in [5, 5.41) is 12.3. The van der Waals surface area contributed by atoms with Crippen LogP contribution in [-0.2, 0) is 13.5 Å². The molecule has 1 N–H and O–H groups in total. The number of nitrogens with zero attached hydrogens (tertiary/aromatic N) is 4. The summed E-state index contributed by atoms with van der Waals surface area (Å²) in [5.74, 6) is 0.401. The second-order valence-corrected chi connectivity index (χ2v) is 6.18. The van der Waals surface area contributed by atoms with Crippen LogP contribution in [0, 0.1) is 6.92 Å². The molecule has 0 saturated heterocycles. The maximum atomic E-state index is 4.42. The number of nitrogens with one attached hydrogen (secondary N) is 1. The van der Waals surface area contributed by atoms with Crippen molar-refractivity contribution in [3.63, 3.8) is 0 Å². The second kappa shape index (κ2) is 6.45. The van der Waals surface area contributed by atoms with E-state index in [4.69, 9.17) is 0 Å². The molecule has 2 aromatic heterocycles. The first-order chi connectivity index (χ1) is 9.52. The summed E-state index contributed by atoms with van der Waals surface area (Å²) >= 11 is 1.50. The van der Waals surface area contributed by atoms with E-state index < -0.39 is 0 Å². The summed E-state index contributed by atoms with van der Waals surface area (Å²) in [6.45, 7) is 9.41. The van der Waals surface area contributed by atoms with Crippen molar-refractivity contribution in [3.8, 4) is 0 Å². The predicted octanol–water partition coefficient (Wildman–Crippen LogP) is 2.60. The number of rotatable bonds is 6. The van der Waals surface area contributed by atoms with Crippen LogP contribution in [0.5, 0.6) is 0 Å². The van der Waals surface area contributed by atoms with E-state index in [2.05, 4.69) is 46.8 Å². The Hall–Kier alpha value is -1.27. The summed E-state index contributed by atoms with van der Waals surface area (Å²) < 4.78 is 6.11. The van der Waals surface area contributed by atoms with Gasteiger partial charge in [0.2, 0.25) is 0 Å². The van der Waals surface area contributed by atoms with Crippen molar-refractivity contribution in [1.29, 1.82) is 0 Å². The van der Waals surface area contributed by atoms with E-state index >= 15 is 0 Å². The topological polar surface area (TPSA) is 55.6 Å². The van der Waals surface area contributed by atoms with Crippen molar-refractivity contribution in [2.75, 3.05) is 6.54 Å². The summed E-state index contributed by atoms with van der Waals surface area (Å²) in [7, 11) is 2.00. The fourth-order valence-electron chi connectivity index (χ4n) is 2.41. The van der Waals surface area contributed by atoms with E-state index in [1.165, 1.54) is 22.1 Å². The minimum atomic E-state index is 0.257. The van der Waals surface area contributed by atoms with Crippen molar-refractivity contribution in [3.05, 3.63) is 28.0 Å². The molecule has 5 nitrogen and oxygen atoms in total. The lowest BCUT2D eigenvalue weighted by Gasteiger charge is -2.18. The van der Waals surface area contributed by atoms with Gasteiger partial charge in [0, 0.05) is 19.2 Å². The average Bonchev–Trinajstić information content (AvgIpc) is 2.96. The van der Waals surface area contributed by atoms with Crippen molar-refractivity contribution in [2.24, 2.45) is 7.05 Å². The van der Waals surface area contributed by atoms with Crippen molar-refractivity contribution < 1.29 is 0 Å². The average molecular weight is 293 g/mol. The summed E-state index contributed by atoms with van der Waals surface area (Å²) in [4.78, 5) is 1.25. The van der Waals surface area contributed by atoms with Gasteiger partial charge in [-0.1, -0.05) is 25.3 Å². The minimum absolute atomic E-state index is 0.257. The Morgan fingerprint density at radius 1 is 1.40 bits per heavy atom. The summed E-state index contributed by atoms with van der Waals surface area (Å²) in [5.41, 5.74) is 3.40. The van der Waals surface area contributed by atoms with Gasteiger partial charge < -0.3 is 5.32 Å². The molecule has 110 valence electrons. The van der Waals surface area contributed by atoms with Gasteiger partial charge in [-0.15, -0.1) is 5.10 Å². The van der Waals surface area contributed by atoms with E-state index in [-0.39, 0.29) is 6.04 Å². The van der Waals surface area contributed by atoms with Gasteiger partial charge in [-0.3, -0.25) is 4.68 Å². The highest BCUT2D eigenvalue weighted by Gasteiger charge is 2.22. The number of hydrogen-bond acceptors (Lipinski definition) is 5. The molecule has 0 aliphatic heterocycles. The molecule has 2 rings (SSSR count). The second-order valence-electron chi connectivity index (χ2n) is 5.39. The fourth-order valence-corrected chi connectivity index (χ4v) is 3.30. The lowest BCUT2D eigenvalue weighted by atomic mass is 10.0. The Balaban J connectivity index is 2.27.